The van der Waals surface area contributed by atoms with E-state index >= 15 is 0 Å². The van der Waals surface area contributed by atoms with Crippen molar-refractivity contribution in [2.75, 3.05) is 31.1 Å². The summed E-state index contributed by atoms with van der Waals surface area (Å²) < 4.78 is 40.4. The standard InChI is InChI=1S/C17H19F3N4O/c1-13-10-21-12-22-16(13)24-8-6-23(7-9-24)11-14-2-4-15(5-3-14)25-17(18,19)20/h2-5,10,12H,6-9,11H2,1H3. The predicted octanol–water partition coefficient (Wildman–Crippen LogP) is 3.01. The highest BCUT2D eigenvalue weighted by molar-refractivity contribution is 5.44. The number of hydrogen-bond donors (Lipinski definition) is 0. The van der Waals surface area contributed by atoms with Gasteiger partial charge in [-0.25, -0.2) is 9.97 Å². The number of piperazine rings is 1. The van der Waals surface area contributed by atoms with Crippen LogP contribution in [0.5, 0.6) is 5.75 Å². The van der Waals surface area contributed by atoms with Gasteiger partial charge >= 0.3 is 6.36 Å². The Labute approximate surface area is 144 Å². The first-order chi connectivity index (χ1) is 11.9. The van der Waals surface area contributed by atoms with Crippen LogP contribution in [0.15, 0.2) is 36.8 Å². The Morgan fingerprint density at radius 3 is 2.36 bits per heavy atom. The minimum absolute atomic E-state index is 0.194. The van der Waals surface area contributed by atoms with Gasteiger partial charge in [0.05, 0.1) is 0 Å². The normalized spacial score (nSPS) is 16.1. The maximum Gasteiger partial charge on any atom is 0.573 e. The maximum absolute atomic E-state index is 12.2. The number of aromatic nitrogens is 2. The second-order valence-corrected chi connectivity index (χ2v) is 5.98. The third kappa shape index (κ3) is 4.82. The quantitative estimate of drug-likeness (QED) is 0.846. The molecule has 8 heteroatoms. The number of nitrogens with zero attached hydrogens (tertiary/aromatic N) is 4. The molecule has 0 spiro atoms. The summed E-state index contributed by atoms with van der Waals surface area (Å²) in [7, 11) is 0. The number of benzene rings is 1. The number of anilines is 1. The molecule has 0 atom stereocenters. The molecule has 5 nitrogen and oxygen atoms in total. The summed E-state index contributed by atoms with van der Waals surface area (Å²) >= 11 is 0. The molecule has 1 aromatic carbocycles. The molecule has 0 aliphatic carbocycles. The zero-order chi connectivity index (χ0) is 17.9. The number of aryl methyl sites for hydroxylation is 1. The van der Waals surface area contributed by atoms with Crippen molar-refractivity contribution in [2.45, 2.75) is 19.8 Å². The summed E-state index contributed by atoms with van der Waals surface area (Å²) in [4.78, 5) is 12.9. The highest BCUT2D eigenvalue weighted by Crippen LogP contribution is 2.23. The average Bonchev–Trinajstić information content (AvgIpc) is 2.57. The molecule has 1 fully saturated rings. The molecule has 25 heavy (non-hydrogen) atoms. The second kappa shape index (κ2) is 7.26. The van der Waals surface area contributed by atoms with E-state index in [1.54, 1.807) is 24.7 Å². The fourth-order valence-electron chi connectivity index (χ4n) is 2.90. The van der Waals surface area contributed by atoms with E-state index in [2.05, 4.69) is 24.5 Å². The molecule has 0 unspecified atom stereocenters. The molecule has 3 rings (SSSR count). The second-order valence-electron chi connectivity index (χ2n) is 5.98. The molecule has 134 valence electrons. The summed E-state index contributed by atoms with van der Waals surface area (Å²) in [5, 5.41) is 0. The topological polar surface area (TPSA) is 41.5 Å². The Morgan fingerprint density at radius 2 is 1.76 bits per heavy atom. The van der Waals surface area contributed by atoms with Crippen molar-refractivity contribution in [3.63, 3.8) is 0 Å². The lowest BCUT2D eigenvalue weighted by Crippen LogP contribution is -2.46. The first-order valence-electron chi connectivity index (χ1n) is 7.99. The van der Waals surface area contributed by atoms with Gasteiger partial charge in [0.1, 0.15) is 17.9 Å². The molecular weight excluding hydrogens is 333 g/mol. The molecule has 0 bridgehead atoms. The molecule has 2 heterocycles. The summed E-state index contributed by atoms with van der Waals surface area (Å²) in [5.74, 6) is 0.767. The summed E-state index contributed by atoms with van der Waals surface area (Å²) in [5.41, 5.74) is 2.01. The number of rotatable bonds is 4. The van der Waals surface area contributed by atoms with Crippen LogP contribution in [-0.2, 0) is 6.54 Å². The molecular formula is C17H19F3N4O. The van der Waals surface area contributed by atoms with Crippen molar-refractivity contribution in [1.29, 1.82) is 0 Å². The molecule has 0 radical (unpaired) electrons. The van der Waals surface area contributed by atoms with Gasteiger partial charge in [0.2, 0.25) is 0 Å². The number of hydrogen-bond acceptors (Lipinski definition) is 5. The molecule has 0 saturated carbocycles. The lowest BCUT2D eigenvalue weighted by molar-refractivity contribution is -0.274. The van der Waals surface area contributed by atoms with Crippen LogP contribution >= 0.6 is 0 Å². The first kappa shape index (κ1) is 17.5. The van der Waals surface area contributed by atoms with Crippen LogP contribution in [0.2, 0.25) is 0 Å². The van der Waals surface area contributed by atoms with Crippen LogP contribution < -0.4 is 9.64 Å². The molecule has 0 N–H and O–H groups in total. The summed E-state index contributed by atoms with van der Waals surface area (Å²) in [6, 6.07) is 6.04. The zero-order valence-corrected chi connectivity index (χ0v) is 13.8. The van der Waals surface area contributed by atoms with Crippen molar-refractivity contribution < 1.29 is 17.9 Å². The smallest absolute Gasteiger partial charge is 0.406 e. The molecule has 1 aliphatic rings. The van der Waals surface area contributed by atoms with Crippen molar-refractivity contribution >= 4 is 5.82 Å². The lowest BCUT2D eigenvalue weighted by Gasteiger charge is -2.35. The van der Waals surface area contributed by atoms with Crippen molar-refractivity contribution in [1.82, 2.24) is 14.9 Å². The molecule has 0 amide bonds. The SMILES string of the molecule is Cc1cncnc1N1CCN(Cc2ccc(OC(F)(F)F)cc2)CC1. The van der Waals surface area contributed by atoms with Crippen molar-refractivity contribution in [3.8, 4) is 5.75 Å². The van der Waals surface area contributed by atoms with Crippen LogP contribution in [0, 0.1) is 6.92 Å². The van der Waals surface area contributed by atoms with Gasteiger partial charge < -0.3 is 9.64 Å². The van der Waals surface area contributed by atoms with Crippen LogP contribution in [0.3, 0.4) is 0 Å². The summed E-state index contributed by atoms with van der Waals surface area (Å²) in [6.45, 7) is 6.13. The zero-order valence-electron chi connectivity index (χ0n) is 13.8. The Hall–Kier alpha value is -2.35. The highest BCUT2D eigenvalue weighted by Gasteiger charge is 2.31. The van der Waals surface area contributed by atoms with Crippen molar-refractivity contribution in [3.05, 3.63) is 47.9 Å². The van der Waals surface area contributed by atoms with E-state index in [1.807, 2.05) is 6.92 Å². The van der Waals surface area contributed by atoms with Crippen LogP contribution in [0.4, 0.5) is 19.0 Å². The third-order valence-corrected chi connectivity index (χ3v) is 4.10. The van der Waals surface area contributed by atoms with E-state index in [4.69, 9.17) is 0 Å². The van der Waals surface area contributed by atoms with Crippen LogP contribution in [-0.4, -0.2) is 47.4 Å². The van der Waals surface area contributed by atoms with Crippen LogP contribution in [0.1, 0.15) is 11.1 Å². The fourth-order valence-corrected chi connectivity index (χ4v) is 2.90. The van der Waals surface area contributed by atoms with Gasteiger partial charge in [0.25, 0.3) is 0 Å². The van der Waals surface area contributed by atoms with Gasteiger partial charge in [-0.1, -0.05) is 12.1 Å². The van der Waals surface area contributed by atoms with E-state index in [1.165, 1.54) is 12.1 Å². The van der Waals surface area contributed by atoms with E-state index < -0.39 is 6.36 Å². The van der Waals surface area contributed by atoms with E-state index in [0.717, 1.165) is 43.1 Å². The van der Waals surface area contributed by atoms with Gasteiger partial charge in [-0.05, 0) is 24.6 Å². The monoisotopic (exact) mass is 352 g/mol. The fraction of sp³-hybridized carbons (Fsp3) is 0.412. The molecule has 1 aromatic heterocycles. The Balaban J connectivity index is 1.53. The molecule has 2 aromatic rings. The Morgan fingerprint density at radius 1 is 1.08 bits per heavy atom. The van der Waals surface area contributed by atoms with Crippen LogP contribution in [0.25, 0.3) is 0 Å². The third-order valence-electron chi connectivity index (χ3n) is 4.10. The number of alkyl halides is 3. The minimum Gasteiger partial charge on any atom is -0.406 e. The highest BCUT2D eigenvalue weighted by atomic mass is 19.4. The van der Waals surface area contributed by atoms with E-state index in [0.29, 0.717) is 6.54 Å². The Kier molecular flexibility index (Phi) is 5.08. The van der Waals surface area contributed by atoms with Gasteiger partial charge in [0.15, 0.2) is 0 Å². The Bertz CT molecular complexity index is 698. The van der Waals surface area contributed by atoms with Crippen molar-refractivity contribution in [2.24, 2.45) is 0 Å². The van der Waals surface area contributed by atoms with Gasteiger partial charge in [-0.3, -0.25) is 4.90 Å². The predicted molar refractivity (Wildman–Crippen MR) is 87.4 cm³/mol. The van der Waals surface area contributed by atoms with E-state index in [-0.39, 0.29) is 5.75 Å². The minimum atomic E-state index is -4.66. The van der Waals surface area contributed by atoms with Gasteiger partial charge in [-0.15, -0.1) is 13.2 Å². The molecule has 1 aliphatic heterocycles. The largest absolute Gasteiger partial charge is 0.573 e. The summed E-state index contributed by atoms with van der Waals surface area (Å²) in [6.07, 6.45) is -1.30. The number of halogens is 3. The van der Waals surface area contributed by atoms with E-state index in [9.17, 15) is 13.2 Å². The molecule has 1 saturated heterocycles. The lowest BCUT2D eigenvalue weighted by atomic mass is 10.2. The maximum atomic E-state index is 12.2. The van der Waals surface area contributed by atoms with Gasteiger partial charge in [-0.2, -0.15) is 0 Å². The first-order valence-corrected chi connectivity index (χ1v) is 7.99. The average molecular weight is 352 g/mol. The number of ether oxygens (including phenoxy) is 1. The van der Waals surface area contributed by atoms with Gasteiger partial charge in [0, 0.05) is 44.5 Å².